The Kier molecular flexibility index (Phi) is 6.03. The van der Waals surface area contributed by atoms with E-state index in [1.807, 2.05) is 54.6 Å². The van der Waals surface area contributed by atoms with Crippen molar-refractivity contribution in [1.82, 2.24) is 19.9 Å². The quantitative estimate of drug-likeness (QED) is 0.455. The van der Waals surface area contributed by atoms with Crippen LogP contribution in [0.4, 0.5) is 5.82 Å². The lowest BCUT2D eigenvalue weighted by atomic mass is 10.2. The Morgan fingerprint density at radius 1 is 0.969 bits per heavy atom. The van der Waals surface area contributed by atoms with Crippen LogP contribution in [0.1, 0.15) is 6.92 Å². The molecule has 0 radical (unpaired) electrons. The molecule has 0 aliphatic carbocycles. The average Bonchev–Trinajstić information content (AvgIpc) is 3.28. The molecule has 1 N–H and O–H groups in total. The van der Waals surface area contributed by atoms with Crippen molar-refractivity contribution in [3.05, 3.63) is 59.6 Å². The molecular formula is C24H24ClN5O2. The first kappa shape index (κ1) is 20.9. The number of hydrogen-bond acceptors (Lipinski definition) is 7. The minimum Gasteiger partial charge on any atom is -0.430 e. The van der Waals surface area contributed by atoms with Gasteiger partial charge in [0.05, 0.1) is 13.2 Å². The molecule has 1 aliphatic heterocycles. The summed E-state index contributed by atoms with van der Waals surface area (Å²) in [4.78, 5) is 16.5. The number of nitrogens with one attached hydrogen (secondary N) is 1. The number of nitrogens with zero attached hydrogens (tertiary/aromatic N) is 4. The molecule has 1 atom stereocenters. The van der Waals surface area contributed by atoms with Gasteiger partial charge in [0.25, 0.3) is 0 Å². The number of oxazole rings is 1. The second-order valence-corrected chi connectivity index (χ2v) is 8.26. The maximum atomic E-state index is 6.12. The Morgan fingerprint density at radius 2 is 1.72 bits per heavy atom. The Hall–Kier alpha value is -3.00. The van der Waals surface area contributed by atoms with E-state index in [0.717, 1.165) is 44.0 Å². The Bertz CT molecular complexity index is 1190. The maximum absolute atomic E-state index is 6.12. The number of benzene rings is 2. The highest BCUT2D eigenvalue weighted by molar-refractivity contribution is 6.30. The molecule has 1 aliphatic rings. The van der Waals surface area contributed by atoms with E-state index in [-0.39, 0.29) is 0 Å². The molecule has 1 saturated heterocycles. The van der Waals surface area contributed by atoms with E-state index in [1.54, 1.807) is 0 Å². The van der Waals surface area contributed by atoms with Gasteiger partial charge in [-0.3, -0.25) is 4.90 Å². The van der Waals surface area contributed by atoms with Crippen molar-refractivity contribution < 1.29 is 9.15 Å². The summed E-state index contributed by atoms with van der Waals surface area (Å²) in [5, 5.41) is 4.14. The lowest BCUT2D eigenvalue weighted by Gasteiger charge is -2.32. The van der Waals surface area contributed by atoms with Crippen molar-refractivity contribution in [2.24, 2.45) is 0 Å². The normalized spacial score (nSPS) is 15.7. The maximum Gasteiger partial charge on any atom is 0.229 e. The summed E-state index contributed by atoms with van der Waals surface area (Å²) in [6.45, 7) is 6.33. The van der Waals surface area contributed by atoms with Gasteiger partial charge in [0.2, 0.25) is 17.1 Å². The van der Waals surface area contributed by atoms with Crippen LogP contribution < -0.4 is 5.32 Å². The minimum absolute atomic E-state index is 0.322. The van der Waals surface area contributed by atoms with Crippen molar-refractivity contribution in [1.29, 1.82) is 0 Å². The smallest absolute Gasteiger partial charge is 0.229 e. The molecule has 0 spiro atoms. The van der Waals surface area contributed by atoms with Gasteiger partial charge in [-0.1, -0.05) is 41.9 Å². The van der Waals surface area contributed by atoms with Crippen LogP contribution in [-0.4, -0.2) is 58.7 Å². The molecule has 32 heavy (non-hydrogen) atoms. The number of aromatic nitrogens is 3. The van der Waals surface area contributed by atoms with Gasteiger partial charge in [-0.15, -0.1) is 0 Å². The highest BCUT2D eigenvalue weighted by Gasteiger charge is 2.20. The number of hydrogen-bond donors (Lipinski definition) is 1. The Balaban J connectivity index is 1.50. The summed E-state index contributed by atoms with van der Waals surface area (Å²) < 4.78 is 11.6. The molecule has 1 fully saturated rings. The molecule has 5 rings (SSSR count). The first-order chi connectivity index (χ1) is 15.7. The third-order valence-electron chi connectivity index (χ3n) is 5.61. The molecule has 0 bridgehead atoms. The highest BCUT2D eigenvalue weighted by atomic mass is 35.5. The number of halogens is 1. The molecule has 8 heteroatoms. The lowest BCUT2D eigenvalue weighted by molar-refractivity contribution is 0.0227. The van der Waals surface area contributed by atoms with Crippen molar-refractivity contribution in [2.45, 2.75) is 13.0 Å². The molecule has 0 saturated carbocycles. The predicted molar refractivity (Wildman–Crippen MR) is 126 cm³/mol. The molecule has 1 unspecified atom stereocenters. The second-order valence-electron chi connectivity index (χ2n) is 7.82. The van der Waals surface area contributed by atoms with E-state index in [0.29, 0.717) is 39.8 Å². The number of morpholine rings is 1. The summed E-state index contributed by atoms with van der Waals surface area (Å²) in [6, 6.07) is 17.6. The summed E-state index contributed by atoms with van der Waals surface area (Å²) in [7, 11) is 0. The molecule has 7 nitrogen and oxygen atoms in total. The number of rotatable bonds is 6. The third-order valence-corrected chi connectivity index (χ3v) is 5.86. The zero-order chi connectivity index (χ0) is 21.9. The molecule has 0 amide bonds. The van der Waals surface area contributed by atoms with Crippen molar-refractivity contribution >= 4 is 28.6 Å². The number of anilines is 1. The topological polar surface area (TPSA) is 76.3 Å². The monoisotopic (exact) mass is 449 g/mol. The van der Waals surface area contributed by atoms with Gasteiger partial charge in [-0.05, 0) is 31.2 Å². The van der Waals surface area contributed by atoms with Gasteiger partial charge in [-0.25, -0.2) is 9.97 Å². The fourth-order valence-corrected chi connectivity index (χ4v) is 3.89. The zero-order valence-corrected chi connectivity index (χ0v) is 18.5. The Morgan fingerprint density at radius 3 is 2.47 bits per heavy atom. The van der Waals surface area contributed by atoms with Crippen LogP contribution in [0.5, 0.6) is 0 Å². The van der Waals surface area contributed by atoms with Crippen LogP contribution in [0, 0.1) is 0 Å². The van der Waals surface area contributed by atoms with Crippen LogP contribution >= 0.6 is 11.6 Å². The second kappa shape index (κ2) is 9.24. The van der Waals surface area contributed by atoms with Crippen LogP contribution in [0.3, 0.4) is 0 Å². The first-order valence-electron chi connectivity index (χ1n) is 10.7. The van der Waals surface area contributed by atoms with Crippen LogP contribution in [0.2, 0.25) is 5.02 Å². The van der Waals surface area contributed by atoms with Gasteiger partial charge in [-0.2, -0.15) is 4.98 Å². The van der Waals surface area contributed by atoms with Gasteiger partial charge in [0.15, 0.2) is 11.6 Å². The van der Waals surface area contributed by atoms with Crippen LogP contribution in [0.25, 0.3) is 34.1 Å². The van der Waals surface area contributed by atoms with Gasteiger partial charge in [0.1, 0.15) is 0 Å². The van der Waals surface area contributed by atoms with Crippen molar-refractivity contribution in [3.8, 4) is 22.8 Å². The Labute approximate surface area is 191 Å². The first-order valence-corrected chi connectivity index (χ1v) is 11.1. The van der Waals surface area contributed by atoms with Crippen LogP contribution in [-0.2, 0) is 4.74 Å². The highest BCUT2D eigenvalue weighted by Crippen LogP contribution is 2.30. The van der Waals surface area contributed by atoms with E-state index in [2.05, 4.69) is 27.1 Å². The van der Waals surface area contributed by atoms with E-state index < -0.39 is 0 Å². The standard InChI is InChI=1S/C24H24ClN5O2/c1-16(30-11-13-31-14-12-30)15-26-22-20-23(28-21(27-22)17-5-3-2-4-6-17)29-24(32-20)18-7-9-19(25)10-8-18/h2-10,16H,11-15H2,1H3,(H,26,27,28). The van der Waals surface area contributed by atoms with Crippen molar-refractivity contribution in [2.75, 3.05) is 38.2 Å². The lowest BCUT2D eigenvalue weighted by Crippen LogP contribution is -2.45. The summed E-state index contributed by atoms with van der Waals surface area (Å²) in [5.41, 5.74) is 2.82. The number of fused-ring (bicyclic) bond motifs is 1. The molecule has 2 aromatic carbocycles. The van der Waals surface area contributed by atoms with Gasteiger partial charge < -0.3 is 14.5 Å². The zero-order valence-electron chi connectivity index (χ0n) is 17.8. The summed E-state index contributed by atoms with van der Waals surface area (Å²) in [5.74, 6) is 1.73. The van der Waals surface area contributed by atoms with E-state index in [1.165, 1.54) is 0 Å². The molecule has 2 aromatic heterocycles. The van der Waals surface area contributed by atoms with E-state index >= 15 is 0 Å². The van der Waals surface area contributed by atoms with Crippen LogP contribution in [0.15, 0.2) is 59.0 Å². The van der Waals surface area contributed by atoms with Gasteiger partial charge in [0, 0.05) is 41.8 Å². The van der Waals surface area contributed by atoms with Crippen molar-refractivity contribution in [3.63, 3.8) is 0 Å². The SMILES string of the molecule is CC(CNc1nc(-c2ccccc2)nc2nc(-c3ccc(Cl)cc3)oc12)N1CCOCC1. The predicted octanol–water partition coefficient (Wildman–Crippen LogP) is 4.74. The molecule has 164 valence electrons. The van der Waals surface area contributed by atoms with E-state index in [4.69, 9.17) is 25.7 Å². The average molecular weight is 450 g/mol. The fourth-order valence-electron chi connectivity index (χ4n) is 3.77. The summed E-state index contributed by atoms with van der Waals surface area (Å²) >= 11 is 6.03. The minimum atomic E-state index is 0.322. The molecular weight excluding hydrogens is 426 g/mol. The third kappa shape index (κ3) is 4.46. The largest absolute Gasteiger partial charge is 0.430 e. The van der Waals surface area contributed by atoms with Gasteiger partial charge >= 0.3 is 0 Å². The number of ether oxygens (including phenoxy) is 1. The fraction of sp³-hybridized carbons (Fsp3) is 0.292. The van der Waals surface area contributed by atoms with E-state index in [9.17, 15) is 0 Å². The molecule has 3 heterocycles. The molecule has 4 aromatic rings. The summed E-state index contributed by atoms with van der Waals surface area (Å²) in [6.07, 6.45) is 0.